The van der Waals surface area contributed by atoms with Crippen LogP contribution in [0.1, 0.15) is 36.2 Å². The number of amides is 1. The van der Waals surface area contributed by atoms with E-state index in [0.29, 0.717) is 24.6 Å². The topological polar surface area (TPSA) is 29.1 Å². The summed E-state index contributed by atoms with van der Waals surface area (Å²) in [6, 6.07) is 1.43. The maximum atomic E-state index is 13.6. The Kier molecular flexibility index (Phi) is 6.01. The van der Waals surface area contributed by atoms with Crippen molar-refractivity contribution in [1.29, 1.82) is 0 Å². The van der Waals surface area contributed by atoms with E-state index in [0.717, 1.165) is 0 Å². The van der Waals surface area contributed by atoms with Crippen LogP contribution in [-0.2, 0) is 6.18 Å². The number of hydrogen-bond acceptors (Lipinski definition) is 1. The normalized spacial score (nSPS) is 13.3. The van der Waals surface area contributed by atoms with Crippen molar-refractivity contribution in [1.82, 2.24) is 5.32 Å². The van der Waals surface area contributed by atoms with Crippen molar-refractivity contribution in [3.63, 3.8) is 0 Å². The molecule has 1 aromatic carbocycles. The third-order valence-corrected chi connectivity index (χ3v) is 3.30. The molecule has 21 heavy (non-hydrogen) atoms. The fraction of sp³-hybridized carbons (Fsp3) is 0.500. The van der Waals surface area contributed by atoms with E-state index in [2.05, 4.69) is 5.32 Å². The molecule has 0 aliphatic carbocycles. The van der Waals surface area contributed by atoms with Crippen LogP contribution >= 0.6 is 11.6 Å². The van der Waals surface area contributed by atoms with Gasteiger partial charge in [0.15, 0.2) is 0 Å². The minimum absolute atomic E-state index is 0.0292. The van der Waals surface area contributed by atoms with Gasteiger partial charge in [-0.15, -0.1) is 11.6 Å². The minimum atomic E-state index is -4.63. The number of hydrogen-bond donors (Lipinski definition) is 1. The summed E-state index contributed by atoms with van der Waals surface area (Å²) >= 11 is 5.61. The molecule has 118 valence electrons. The highest BCUT2D eigenvalue weighted by atomic mass is 35.5. The molecule has 0 fully saturated rings. The van der Waals surface area contributed by atoms with E-state index in [1.54, 1.807) is 0 Å². The molecule has 0 saturated heterocycles. The summed E-state index contributed by atoms with van der Waals surface area (Å²) < 4.78 is 51.4. The SMILES string of the molecule is CC(C)C(CCCl)NC(=O)c1cc(C(F)(F)F)ccc1F. The van der Waals surface area contributed by atoms with Crippen LogP contribution in [0.2, 0.25) is 0 Å². The lowest BCUT2D eigenvalue weighted by Crippen LogP contribution is -2.39. The summed E-state index contributed by atoms with van der Waals surface area (Å²) in [5, 5.41) is 2.52. The van der Waals surface area contributed by atoms with Crippen LogP contribution < -0.4 is 5.32 Å². The van der Waals surface area contributed by atoms with E-state index >= 15 is 0 Å². The van der Waals surface area contributed by atoms with E-state index in [-0.39, 0.29) is 17.8 Å². The lowest BCUT2D eigenvalue weighted by Gasteiger charge is -2.21. The van der Waals surface area contributed by atoms with Crippen molar-refractivity contribution in [2.75, 3.05) is 5.88 Å². The zero-order chi connectivity index (χ0) is 16.2. The molecule has 2 nitrogen and oxygen atoms in total. The van der Waals surface area contributed by atoms with Crippen LogP contribution in [0.3, 0.4) is 0 Å². The summed E-state index contributed by atoms with van der Waals surface area (Å²) in [6.07, 6.45) is -4.18. The third kappa shape index (κ3) is 4.88. The van der Waals surface area contributed by atoms with E-state index in [1.807, 2.05) is 13.8 Å². The molecule has 0 radical (unpaired) electrons. The lowest BCUT2D eigenvalue weighted by molar-refractivity contribution is -0.137. The first-order valence-corrected chi connectivity index (χ1v) is 6.93. The quantitative estimate of drug-likeness (QED) is 0.637. The van der Waals surface area contributed by atoms with Gasteiger partial charge in [0, 0.05) is 11.9 Å². The Labute approximate surface area is 125 Å². The van der Waals surface area contributed by atoms with Crippen molar-refractivity contribution >= 4 is 17.5 Å². The standard InChI is InChI=1S/C14H16ClF4NO/c1-8(2)12(5-6-15)20-13(21)10-7-9(14(17,18)19)3-4-11(10)16/h3-4,7-8,12H,5-6H2,1-2H3,(H,20,21). The highest BCUT2D eigenvalue weighted by Gasteiger charge is 2.32. The molecule has 0 saturated carbocycles. The Morgan fingerprint density at radius 1 is 1.33 bits per heavy atom. The van der Waals surface area contributed by atoms with Crippen molar-refractivity contribution in [3.8, 4) is 0 Å². The Morgan fingerprint density at radius 2 is 1.95 bits per heavy atom. The lowest BCUT2D eigenvalue weighted by atomic mass is 10.0. The van der Waals surface area contributed by atoms with Gasteiger partial charge in [-0.3, -0.25) is 4.79 Å². The van der Waals surface area contributed by atoms with Crippen LogP contribution in [-0.4, -0.2) is 17.8 Å². The molecular formula is C14H16ClF4NO. The summed E-state index contributed by atoms with van der Waals surface area (Å²) in [4.78, 5) is 12.0. The van der Waals surface area contributed by atoms with E-state index in [9.17, 15) is 22.4 Å². The number of halogens is 5. The Hall–Kier alpha value is -1.30. The molecular weight excluding hydrogens is 310 g/mol. The molecule has 0 aromatic heterocycles. The monoisotopic (exact) mass is 325 g/mol. The van der Waals surface area contributed by atoms with E-state index < -0.39 is 29.0 Å². The second-order valence-electron chi connectivity index (χ2n) is 4.99. The van der Waals surface area contributed by atoms with Gasteiger partial charge in [-0.05, 0) is 30.5 Å². The summed E-state index contributed by atoms with van der Waals surface area (Å²) in [7, 11) is 0. The number of nitrogens with one attached hydrogen (secondary N) is 1. The van der Waals surface area contributed by atoms with E-state index in [1.165, 1.54) is 0 Å². The van der Waals surface area contributed by atoms with Gasteiger partial charge in [-0.2, -0.15) is 13.2 Å². The maximum Gasteiger partial charge on any atom is 0.416 e. The number of carbonyl (C=O) groups is 1. The van der Waals surface area contributed by atoms with Gasteiger partial charge >= 0.3 is 6.18 Å². The average molecular weight is 326 g/mol. The fourth-order valence-corrected chi connectivity index (χ4v) is 2.05. The van der Waals surface area contributed by atoms with E-state index in [4.69, 9.17) is 11.6 Å². The Bertz CT molecular complexity index is 502. The van der Waals surface area contributed by atoms with Gasteiger partial charge in [-0.1, -0.05) is 13.8 Å². The zero-order valence-electron chi connectivity index (χ0n) is 11.6. The van der Waals surface area contributed by atoms with Gasteiger partial charge in [0.1, 0.15) is 5.82 Å². The molecule has 1 atom stereocenters. The van der Waals surface area contributed by atoms with Crippen LogP contribution in [0, 0.1) is 11.7 Å². The second-order valence-corrected chi connectivity index (χ2v) is 5.37. The van der Waals surface area contributed by atoms with Crippen molar-refractivity contribution in [2.45, 2.75) is 32.5 Å². The molecule has 1 unspecified atom stereocenters. The molecule has 1 amide bonds. The molecule has 1 aromatic rings. The van der Waals surface area contributed by atoms with Gasteiger partial charge < -0.3 is 5.32 Å². The van der Waals surface area contributed by atoms with Crippen LogP contribution in [0.15, 0.2) is 18.2 Å². The summed E-state index contributed by atoms with van der Waals surface area (Å²) in [5.74, 6) is -1.55. The minimum Gasteiger partial charge on any atom is -0.349 e. The van der Waals surface area contributed by atoms with Crippen molar-refractivity contribution in [3.05, 3.63) is 35.1 Å². The first kappa shape index (κ1) is 17.8. The molecule has 0 heterocycles. The van der Waals surface area contributed by atoms with Gasteiger partial charge in [0.25, 0.3) is 5.91 Å². The smallest absolute Gasteiger partial charge is 0.349 e. The van der Waals surface area contributed by atoms with Crippen LogP contribution in [0.4, 0.5) is 17.6 Å². The number of carbonyl (C=O) groups excluding carboxylic acids is 1. The Balaban J connectivity index is 3.01. The van der Waals surface area contributed by atoms with Crippen LogP contribution in [0.25, 0.3) is 0 Å². The number of rotatable bonds is 5. The first-order chi connectivity index (χ1) is 9.66. The largest absolute Gasteiger partial charge is 0.416 e. The van der Waals surface area contributed by atoms with Crippen molar-refractivity contribution in [2.24, 2.45) is 5.92 Å². The predicted octanol–water partition coefficient (Wildman–Crippen LogP) is 4.23. The zero-order valence-corrected chi connectivity index (χ0v) is 12.4. The van der Waals surface area contributed by atoms with Gasteiger partial charge in [0.2, 0.25) is 0 Å². The molecule has 1 N–H and O–H groups in total. The van der Waals surface area contributed by atoms with Crippen molar-refractivity contribution < 1.29 is 22.4 Å². The molecule has 0 bridgehead atoms. The molecule has 0 spiro atoms. The number of alkyl halides is 4. The third-order valence-electron chi connectivity index (χ3n) is 3.08. The summed E-state index contributed by atoms with van der Waals surface area (Å²) in [5.41, 5.74) is -1.68. The highest BCUT2D eigenvalue weighted by Crippen LogP contribution is 2.30. The van der Waals surface area contributed by atoms with Crippen LogP contribution in [0.5, 0.6) is 0 Å². The molecule has 1 rings (SSSR count). The molecule has 7 heteroatoms. The van der Waals surface area contributed by atoms with Gasteiger partial charge in [-0.25, -0.2) is 4.39 Å². The first-order valence-electron chi connectivity index (χ1n) is 6.40. The Morgan fingerprint density at radius 3 is 2.43 bits per heavy atom. The maximum absolute atomic E-state index is 13.6. The predicted molar refractivity (Wildman–Crippen MR) is 72.8 cm³/mol. The molecule has 0 aliphatic rings. The van der Waals surface area contributed by atoms with Gasteiger partial charge in [0.05, 0.1) is 11.1 Å². The second kappa shape index (κ2) is 7.11. The number of benzene rings is 1. The highest BCUT2D eigenvalue weighted by molar-refractivity contribution is 6.17. The molecule has 0 aliphatic heterocycles. The summed E-state index contributed by atoms with van der Waals surface area (Å²) in [6.45, 7) is 3.67. The average Bonchev–Trinajstić information content (AvgIpc) is 2.36. The fourth-order valence-electron chi connectivity index (χ4n) is 1.81.